The van der Waals surface area contributed by atoms with Crippen LogP contribution in [0.25, 0.3) is 10.7 Å². The van der Waals surface area contributed by atoms with E-state index in [1.807, 2.05) is 29.1 Å². The number of thiophene rings is 1. The molecule has 8 heteroatoms. The largest absolute Gasteiger partial charge is 0.355 e. The molecule has 136 valence electrons. The van der Waals surface area contributed by atoms with Gasteiger partial charge in [-0.15, -0.1) is 33.3 Å². The minimum atomic E-state index is 0.0141. The molecule has 3 aromatic rings. The Bertz CT molecular complexity index is 844. The number of nitrogens with one attached hydrogen (secondary N) is 1. The fourth-order valence-electron chi connectivity index (χ4n) is 2.24. The van der Waals surface area contributed by atoms with Gasteiger partial charge >= 0.3 is 0 Å². The lowest BCUT2D eigenvalue weighted by Gasteiger charge is -2.06. The number of nitrogens with zero attached hydrogens (tertiary/aromatic N) is 3. The van der Waals surface area contributed by atoms with Gasteiger partial charge in [0.1, 0.15) is 0 Å². The first-order valence-electron chi connectivity index (χ1n) is 8.16. The van der Waals surface area contributed by atoms with Crippen LogP contribution in [0.1, 0.15) is 5.56 Å². The van der Waals surface area contributed by atoms with E-state index in [0.717, 1.165) is 21.6 Å². The summed E-state index contributed by atoms with van der Waals surface area (Å²) in [6, 6.07) is 12.4. The van der Waals surface area contributed by atoms with E-state index in [-0.39, 0.29) is 5.91 Å². The van der Waals surface area contributed by atoms with Crippen molar-refractivity contribution in [2.75, 3.05) is 18.1 Å². The van der Waals surface area contributed by atoms with Crippen molar-refractivity contribution in [3.8, 4) is 10.7 Å². The van der Waals surface area contributed by atoms with Gasteiger partial charge in [-0.25, -0.2) is 0 Å². The maximum absolute atomic E-state index is 12.0. The van der Waals surface area contributed by atoms with Gasteiger partial charge in [-0.05, 0) is 30.5 Å². The van der Waals surface area contributed by atoms with Crippen molar-refractivity contribution < 1.29 is 4.79 Å². The Morgan fingerprint density at radius 2 is 2.00 bits per heavy atom. The summed E-state index contributed by atoms with van der Waals surface area (Å²) in [6.07, 6.45) is 0. The van der Waals surface area contributed by atoms with Gasteiger partial charge in [0.05, 0.1) is 10.6 Å². The van der Waals surface area contributed by atoms with Crippen LogP contribution in [0.3, 0.4) is 0 Å². The molecule has 3 rings (SSSR count). The minimum Gasteiger partial charge on any atom is -0.355 e. The summed E-state index contributed by atoms with van der Waals surface area (Å²) in [5, 5.41) is 14.1. The average molecular weight is 405 g/mol. The first-order chi connectivity index (χ1) is 12.6. The molecule has 0 bridgehead atoms. The van der Waals surface area contributed by atoms with Gasteiger partial charge in [-0.2, -0.15) is 0 Å². The second-order valence-corrected chi connectivity index (χ2v) is 8.70. The molecular weight excluding hydrogens is 384 g/mol. The summed E-state index contributed by atoms with van der Waals surface area (Å²) >= 11 is 4.77. The zero-order chi connectivity index (χ0) is 18.4. The molecule has 0 atom stereocenters. The fraction of sp³-hybridized carbons (Fsp3) is 0.278. The molecule has 0 aliphatic carbocycles. The molecular formula is C18H20N4OS3. The molecule has 2 heterocycles. The molecule has 2 aromatic heterocycles. The van der Waals surface area contributed by atoms with Gasteiger partial charge in [-0.3, -0.25) is 4.79 Å². The number of aryl methyl sites for hydroxylation is 1. The summed E-state index contributed by atoms with van der Waals surface area (Å²) in [6.45, 7) is 2.73. The van der Waals surface area contributed by atoms with Crippen molar-refractivity contribution in [2.24, 2.45) is 7.05 Å². The van der Waals surface area contributed by atoms with E-state index < -0.39 is 0 Å². The topological polar surface area (TPSA) is 59.8 Å². The van der Waals surface area contributed by atoms with E-state index in [4.69, 9.17) is 0 Å². The van der Waals surface area contributed by atoms with Gasteiger partial charge < -0.3 is 9.88 Å². The van der Waals surface area contributed by atoms with Gasteiger partial charge in [0, 0.05) is 24.2 Å². The van der Waals surface area contributed by atoms with Crippen LogP contribution >= 0.6 is 34.9 Å². The number of hydrogen-bond acceptors (Lipinski definition) is 6. The molecule has 26 heavy (non-hydrogen) atoms. The summed E-state index contributed by atoms with van der Waals surface area (Å²) in [4.78, 5) is 14.3. The van der Waals surface area contributed by atoms with Crippen LogP contribution < -0.4 is 5.32 Å². The van der Waals surface area contributed by atoms with Crippen LogP contribution in [0, 0.1) is 6.92 Å². The van der Waals surface area contributed by atoms with Crippen LogP contribution in [0.15, 0.2) is 51.8 Å². The number of carbonyl (C=O) groups is 1. The maximum Gasteiger partial charge on any atom is 0.230 e. The molecule has 0 saturated heterocycles. The highest BCUT2D eigenvalue weighted by Gasteiger charge is 2.13. The Morgan fingerprint density at radius 3 is 2.73 bits per heavy atom. The number of aromatic nitrogens is 3. The second kappa shape index (κ2) is 9.25. The lowest BCUT2D eigenvalue weighted by molar-refractivity contribution is -0.118. The number of hydrogen-bond donors (Lipinski definition) is 1. The Morgan fingerprint density at radius 1 is 1.19 bits per heavy atom. The zero-order valence-corrected chi connectivity index (χ0v) is 17.1. The number of rotatable bonds is 8. The van der Waals surface area contributed by atoms with E-state index in [2.05, 4.69) is 46.7 Å². The van der Waals surface area contributed by atoms with Gasteiger partial charge in [0.25, 0.3) is 0 Å². The third-order valence-corrected chi connectivity index (χ3v) is 6.52. The number of thioether (sulfide) groups is 2. The first-order valence-corrected chi connectivity index (χ1v) is 11.0. The Kier molecular flexibility index (Phi) is 6.76. The van der Waals surface area contributed by atoms with Crippen molar-refractivity contribution in [3.05, 3.63) is 47.3 Å². The number of amides is 1. The third kappa shape index (κ3) is 5.12. The number of carbonyl (C=O) groups excluding carboxylic acids is 1. The summed E-state index contributed by atoms with van der Waals surface area (Å²) < 4.78 is 1.93. The van der Waals surface area contributed by atoms with Crippen molar-refractivity contribution in [1.82, 2.24) is 20.1 Å². The molecule has 0 radical (unpaired) electrons. The molecule has 1 aromatic carbocycles. The molecule has 0 aliphatic heterocycles. The van der Waals surface area contributed by atoms with E-state index in [0.29, 0.717) is 12.3 Å². The van der Waals surface area contributed by atoms with Crippen LogP contribution in [-0.4, -0.2) is 38.7 Å². The SMILES string of the molecule is Cc1ccc(SCCNC(=O)CSc2nnc(-c3cccs3)n2C)cc1. The molecule has 0 spiro atoms. The average Bonchev–Trinajstić information content (AvgIpc) is 3.28. The molecule has 1 amide bonds. The van der Waals surface area contributed by atoms with Crippen molar-refractivity contribution in [3.63, 3.8) is 0 Å². The summed E-state index contributed by atoms with van der Waals surface area (Å²) in [7, 11) is 1.92. The van der Waals surface area contributed by atoms with E-state index in [1.165, 1.54) is 22.2 Å². The Labute approximate surface area is 165 Å². The lowest BCUT2D eigenvalue weighted by atomic mass is 10.2. The van der Waals surface area contributed by atoms with Crippen LogP contribution in [0.2, 0.25) is 0 Å². The first kappa shape index (κ1) is 19.0. The predicted molar refractivity (Wildman–Crippen MR) is 110 cm³/mol. The van der Waals surface area contributed by atoms with Crippen LogP contribution in [0.4, 0.5) is 0 Å². The minimum absolute atomic E-state index is 0.0141. The predicted octanol–water partition coefficient (Wildman–Crippen LogP) is 3.85. The van der Waals surface area contributed by atoms with Crippen molar-refractivity contribution in [1.29, 1.82) is 0 Å². The van der Waals surface area contributed by atoms with Crippen LogP contribution in [-0.2, 0) is 11.8 Å². The molecule has 1 N–H and O–H groups in total. The number of benzene rings is 1. The van der Waals surface area contributed by atoms with Crippen molar-refractivity contribution in [2.45, 2.75) is 17.0 Å². The van der Waals surface area contributed by atoms with Gasteiger partial charge in [0.15, 0.2) is 11.0 Å². The van der Waals surface area contributed by atoms with E-state index in [9.17, 15) is 4.79 Å². The monoisotopic (exact) mass is 404 g/mol. The molecule has 0 unspecified atom stereocenters. The Hall–Kier alpha value is -1.77. The van der Waals surface area contributed by atoms with Gasteiger partial charge in [0.2, 0.25) is 5.91 Å². The highest BCUT2D eigenvalue weighted by molar-refractivity contribution is 7.99. The Balaban J connectivity index is 1.40. The third-order valence-electron chi connectivity index (χ3n) is 3.62. The molecule has 5 nitrogen and oxygen atoms in total. The summed E-state index contributed by atoms with van der Waals surface area (Å²) in [5.74, 6) is 2.04. The smallest absolute Gasteiger partial charge is 0.230 e. The molecule has 0 fully saturated rings. The fourth-order valence-corrected chi connectivity index (χ4v) is 4.49. The van der Waals surface area contributed by atoms with Crippen molar-refractivity contribution >= 4 is 40.8 Å². The van der Waals surface area contributed by atoms with Gasteiger partial charge in [-0.1, -0.05) is 35.5 Å². The zero-order valence-electron chi connectivity index (χ0n) is 14.6. The van der Waals surface area contributed by atoms with Crippen LogP contribution in [0.5, 0.6) is 0 Å². The normalized spacial score (nSPS) is 10.8. The van der Waals surface area contributed by atoms with E-state index >= 15 is 0 Å². The second-order valence-electron chi connectivity index (χ2n) is 5.64. The molecule has 0 aliphatic rings. The summed E-state index contributed by atoms with van der Waals surface area (Å²) in [5.41, 5.74) is 1.26. The highest BCUT2D eigenvalue weighted by Crippen LogP contribution is 2.25. The highest BCUT2D eigenvalue weighted by atomic mass is 32.2. The standard InChI is InChI=1S/C18H20N4OS3/c1-13-5-7-14(8-6-13)24-11-9-19-16(23)12-26-18-21-20-17(22(18)2)15-4-3-10-25-15/h3-8,10H,9,11-12H2,1-2H3,(H,19,23). The maximum atomic E-state index is 12.0. The van der Waals surface area contributed by atoms with E-state index in [1.54, 1.807) is 23.1 Å². The quantitative estimate of drug-likeness (QED) is 0.456. The molecule has 0 saturated carbocycles. The lowest BCUT2D eigenvalue weighted by Crippen LogP contribution is -2.27.